The summed E-state index contributed by atoms with van der Waals surface area (Å²) < 4.78 is 45.1. The van der Waals surface area contributed by atoms with Crippen LogP contribution in [0.5, 0.6) is 0 Å². The van der Waals surface area contributed by atoms with Crippen molar-refractivity contribution in [3.8, 4) is 23.7 Å². The SMILES string of the molecule is NC(=O)c1ccn2ncc(C3CC3)c2c1C#CC#CCC(c1cc(F)ccc1F)N1Cc2c(F)cccc2C1O. The molecule has 1 saturated carbocycles. The van der Waals surface area contributed by atoms with Gasteiger partial charge in [-0.3, -0.25) is 9.69 Å². The van der Waals surface area contributed by atoms with Gasteiger partial charge in [-0.2, -0.15) is 5.10 Å². The molecule has 2 atom stereocenters. The molecule has 1 fully saturated rings. The van der Waals surface area contributed by atoms with Crippen LogP contribution in [0.1, 0.15) is 75.6 Å². The number of benzene rings is 2. The molecular weight excluding hydrogens is 517 g/mol. The minimum absolute atomic E-state index is 0.00766. The molecule has 4 aromatic rings. The molecule has 0 radical (unpaired) electrons. The van der Waals surface area contributed by atoms with Crippen molar-refractivity contribution in [2.24, 2.45) is 5.73 Å². The van der Waals surface area contributed by atoms with Crippen LogP contribution in [0.25, 0.3) is 5.52 Å². The van der Waals surface area contributed by atoms with Gasteiger partial charge < -0.3 is 10.8 Å². The Hall–Kier alpha value is -4.57. The predicted octanol–water partition coefficient (Wildman–Crippen LogP) is 4.72. The zero-order valence-electron chi connectivity index (χ0n) is 21.2. The number of hydrogen-bond acceptors (Lipinski definition) is 4. The Morgan fingerprint density at radius 1 is 1.10 bits per heavy atom. The quantitative estimate of drug-likeness (QED) is 0.359. The zero-order chi connectivity index (χ0) is 28.0. The lowest BCUT2D eigenvalue weighted by Gasteiger charge is -2.30. The maximum atomic E-state index is 14.9. The summed E-state index contributed by atoms with van der Waals surface area (Å²) >= 11 is 0. The Morgan fingerprint density at radius 3 is 2.67 bits per heavy atom. The fourth-order valence-electron chi connectivity index (χ4n) is 5.30. The van der Waals surface area contributed by atoms with Gasteiger partial charge in [0.05, 0.1) is 28.9 Å². The topological polar surface area (TPSA) is 83.9 Å². The van der Waals surface area contributed by atoms with Crippen LogP contribution in [0.3, 0.4) is 0 Å². The molecule has 3 heterocycles. The third kappa shape index (κ3) is 4.60. The smallest absolute Gasteiger partial charge is 0.250 e. The Labute approximate surface area is 228 Å². The van der Waals surface area contributed by atoms with E-state index in [1.165, 1.54) is 17.0 Å². The summed E-state index contributed by atoms with van der Waals surface area (Å²) in [5.41, 5.74) is 8.66. The molecular formula is C31H23F3N4O2. The first-order chi connectivity index (χ1) is 19.3. The van der Waals surface area contributed by atoms with E-state index < -0.39 is 35.6 Å². The number of nitrogens with zero attached hydrogens (tertiary/aromatic N) is 3. The van der Waals surface area contributed by atoms with Crippen LogP contribution in [-0.4, -0.2) is 25.5 Å². The monoisotopic (exact) mass is 540 g/mol. The lowest BCUT2D eigenvalue weighted by Crippen LogP contribution is -2.28. The highest BCUT2D eigenvalue weighted by Gasteiger charge is 2.36. The van der Waals surface area contributed by atoms with E-state index in [2.05, 4.69) is 28.8 Å². The van der Waals surface area contributed by atoms with E-state index in [1.54, 1.807) is 29.0 Å². The van der Waals surface area contributed by atoms with Crippen LogP contribution in [0.2, 0.25) is 0 Å². The Kier molecular flexibility index (Phi) is 6.55. The molecule has 0 saturated heterocycles. The number of fused-ring (bicyclic) bond motifs is 2. The summed E-state index contributed by atoms with van der Waals surface area (Å²) in [6, 6.07) is 8.11. The van der Waals surface area contributed by atoms with E-state index in [-0.39, 0.29) is 24.1 Å². The van der Waals surface area contributed by atoms with Crippen LogP contribution in [0.15, 0.2) is 54.9 Å². The summed E-state index contributed by atoms with van der Waals surface area (Å²) in [7, 11) is 0. The van der Waals surface area contributed by atoms with Crippen LogP contribution < -0.4 is 5.73 Å². The Morgan fingerprint density at radius 2 is 1.93 bits per heavy atom. The summed E-state index contributed by atoms with van der Waals surface area (Å²) in [6.07, 6.45) is 4.23. The van der Waals surface area contributed by atoms with E-state index in [9.17, 15) is 23.1 Å². The lowest BCUT2D eigenvalue weighted by atomic mass is 10.0. The number of carbonyl (C=O) groups is 1. The van der Waals surface area contributed by atoms with Crippen molar-refractivity contribution in [2.45, 2.75) is 44.0 Å². The van der Waals surface area contributed by atoms with Gasteiger partial charge in [-0.05, 0) is 66.9 Å². The van der Waals surface area contributed by atoms with Crippen LogP contribution in [0, 0.1) is 41.1 Å². The second-order valence-electron chi connectivity index (χ2n) is 9.93. The number of aliphatic hydroxyl groups excluding tert-OH is 1. The van der Waals surface area contributed by atoms with Crippen molar-refractivity contribution >= 4 is 11.4 Å². The van der Waals surface area contributed by atoms with Crippen molar-refractivity contribution < 1.29 is 23.1 Å². The highest BCUT2D eigenvalue weighted by Crippen LogP contribution is 2.43. The fraction of sp³-hybridized carbons (Fsp3) is 0.226. The maximum Gasteiger partial charge on any atom is 0.250 e. The second-order valence-corrected chi connectivity index (χ2v) is 9.93. The number of halogens is 3. The van der Waals surface area contributed by atoms with Gasteiger partial charge in [-0.15, -0.1) is 0 Å². The first-order valence-electron chi connectivity index (χ1n) is 12.8. The van der Waals surface area contributed by atoms with Crippen LogP contribution >= 0.6 is 0 Å². The first kappa shape index (κ1) is 25.7. The molecule has 2 aromatic heterocycles. The number of amides is 1. The third-order valence-corrected chi connectivity index (χ3v) is 7.43. The van der Waals surface area contributed by atoms with Crippen molar-refractivity contribution in [3.05, 3.63) is 106 Å². The molecule has 1 aliphatic heterocycles. The van der Waals surface area contributed by atoms with Gasteiger partial charge >= 0.3 is 0 Å². The van der Waals surface area contributed by atoms with Crippen molar-refractivity contribution in [1.29, 1.82) is 0 Å². The number of nitrogens with two attached hydrogens (primary N) is 1. The number of aromatic nitrogens is 2. The average Bonchev–Trinajstić information content (AvgIpc) is 3.60. The highest BCUT2D eigenvalue weighted by atomic mass is 19.1. The minimum Gasteiger partial charge on any atom is -0.374 e. The zero-order valence-corrected chi connectivity index (χ0v) is 21.2. The first-order valence-corrected chi connectivity index (χ1v) is 12.8. The molecule has 6 rings (SSSR count). The van der Waals surface area contributed by atoms with E-state index >= 15 is 0 Å². The average molecular weight is 541 g/mol. The molecule has 1 amide bonds. The summed E-state index contributed by atoms with van der Waals surface area (Å²) in [4.78, 5) is 13.6. The Bertz CT molecular complexity index is 1790. The molecule has 3 N–H and O–H groups in total. The van der Waals surface area contributed by atoms with E-state index in [4.69, 9.17) is 5.73 Å². The predicted molar refractivity (Wildman–Crippen MR) is 141 cm³/mol. The van der Waals surface area contributed by atoms with E-state index in [0.717, 1.165) is 36.6 Å². The number of pyridine rings is 1. The highest BCUT2D eigenvalue weighted by molar-refractivity contribution is 5.98. The number of rotatable bonds is 5. The van der Waals surface area contributed by atoms with Gasteiger partial charge in [-0.1, -0.05) is 18.1 Å². The second kappa shape index (κ2) is 10.2. The molecule has 2 aromatic carbocycles. The van der Waals surface area contributed by atoms with Gasteiger partial charge in [0.25, 0.3) is 0 Å². The summed E-state index contributed by atoms with van der Waals surface area (Å²) in [5, 5.41) is 15.3. The van der Waals surface area contributed by atoms with Gasteiger partial charge in [0.15, 0.2) is 0 Å². The lowest BCUT2D eigenvalue weighted by molar-refractivity contribution is -0.0178. The third-order valence-electron chi connectivity index (χ3n) is 7.43. The van der Waals surface area contributed by atoms with Crippen molar-refractivity contribution in [1.82, 2.24) is 14.5 Å². The summed E-state index contributed by atoms with van der Waals surface area (Å²) in [5.74, 6) is 9.25. The molecule has 1 aliphatic carbocycles. The number of hydrogen-bond donors (Lipinski definition) is 2. The fourth-order valence-corrected chi connectivity index (χ4v) is 5.30. The van der Waals surface area contributed by atoms with Gasteiger partial charge in [0.1, 0.15) is 23.7 Å². The molecule has 200 valence electrons. The van der Waals surface area contributed by atoms with Crippen molar-refractivity contribution in [2.75, 3.05) is 0 Å². The number of carbonyl (C=O) groups excluding carboxylic acids is 1. The van der Waals surface area contributed by atoms with Gasteiger partial charge in [-0.25, -0.2) is 17.7 Å². The summed E-state index contributed by atoms with van der Waals surface area (Å²) in [6.45, 7) is -0.00766. The largest absolute Gasteiger partial charge is 0.374 e. The normalized spacial score (nSPS) is 17.1. The van der Waals surface area contributed by atoms with E-state index in [1.807, 2.05) is 0 Å². The van der Waals surface area contributed by atoms with Crippen LogP contribution in [-0.2, 0) is 6.54 Å². The van der Waals surface area contributed by atoms with Gasteiger partial charge in [0.2, 0.25) is 5.91 Å². The molecule has 6 nitrogen and oxygen atoms in total. The molecule has 9 heteroatoms. The number of aliphatic hydroxyl groups is 1. The van der Waals surface area contributed by atoms with E-state index in [0.29, 0.717) is 28.1 Å². The Balaban J connectivity index is 1.35. The molecule has 2 aliphatic rings. The number of primary amides is 1. The van der Waals surface area contributed by atoms with Gasteiger partial charge in [0, 0.05) is 41.4 Å². The maximum absolute atomic E-state index is 14.9. The van der Waals surface area contributed by atoms with Crippen molar-refractivity contribution in [3.63, 3.8) is 0 Å². The molecule has 2 unspecified atom stereocenters. The molecule has 0 bridgehead atoms. The van der Waals surface area contributed by atoms with Crippen LogP contribution in [0.4, 0.5) is 13.2 Å². The standard InChI is InChI=1S/C31H23F3N4O2/c32-19-11-12-27(34)23(15-19)28(37-17-25-22(31(37)40)6-4-7-26(25)33)8-3-1-2-5-20-21(30(35)39)13-14-38-29(20)24(16-36-38)18-9-10-18/h4,6-7,11-16,18,28,31,40H,8-10,17H2,(H2,35,39). The molecule has 40 heavy (non-hydrogen) atoms. The molecule has 0 spiro atoms. The minimum atomic E-state index is -1.23.